The summed E-state index contributed by atoms with van der Waals surface area (Å²) in [6.45, 7) is 2.45. The number of amides is 1. The van der Waals surface area contributed by atoms with Crippen LogP contribution in [0.25, 0.3) is 0 Å². The molecule has 0 bridgehead atoms. The minimum absolute atomic E-state index is 0.262. The average molecular weight is 314 g/mol. The number of ether oxygens (including phenoxy) is 1. The Morgan fingerprint density at radius 3 is 2.64 bits per heavy atom. The lowest BCUT2D eigenvalue weighted by atomic mass is 9.84. The summed E-state index contributed by atoms with van der Waals surface area (Å²) in [6, 6.07) is -0.520. The molecule has 22 heavy (non-hydrogen) atoms. The monoisotopic (exact) mass is 314 g/mol. The van der Waals surface area contributed by atoms with Gasteiger partial charge in [-0.15, -0.1) is 0 Å². The molecule has 0 saturated heterocycles. The second-order valence-corrected chi connectivity index (χ2v) is 6.05. The van der Waals surface area contributed by atoms with E-state index in [1.165, 1.54) is 19.3 Å². The second kappa shape index (κ2) is 10.6. The minimum atomic E-state index is -1.18. The van der Waals surface area contributed by atoms with Gasteiger partial charge in [0.15, 0.2) is 0 Å². The summed E-state index contributed by atoms with van der Waals surface area (Å²) in [7, 11) is 0. The third kappa shape index (κ3) is 7.22. The smallest absolute Gasteiger partial charge is 0.305 e. The van der Waals surface area contributed by atoms with Gasteiger partial charge in [-0.1, -0.05) is 32.1 Å². The van der Waals surface area contributed by atoms with Gasteiger partial charge in [0.05, 0.1) is 6.61 Å². The molecule has 6 heteroatoms. The normalized spacial score (nSPS) is 18.5. The van der Waals surface area contributed by atoms with Crippen LogP contribution in [0.5, 0.6) is 0 Å². The summed E-state index contributed by atoms with van der Waals surface area (Å²) in [5, 5.41) is 12.6. The van der Waals surface area contributed by atoms with E-state index in [1.54, 1.807) is 6.92 Å². The Kier molecular flexibility index (Phi) is 9.08. The van der Waals surface area contributed by atoms with Gasteiger partial charge in [0, 0.05) is 19.0 Å². The third-order valence-electron chi connectivity index (χ3n) is 4.17. The zero-order valence-corrected chi connectivity index (χ0v) is 13.6. The van der Waals surface area contributed by atoms with E-state index >= 15 is 0 Å². The minimum Gasteiger partial charge on any atom is -0.466 e. The van der Waals surface area contributed by atoms with Crippen molar-refractivity contribution in [2.75, 3.05) is 13.2 Å². The highest BCUT2D eigenvalue weighted by Crippen LogP contribution is 2.27. The Labute approximate surface area is 132 Å². The maximum atomic E-state index is 11.8. The fourth-order valence-corrected chi connectivity index (χ4v) is 2.91. The van der Waals surface area contributed by atoms with E-state index in [1.807, 2.05) is 0 Å². The number of hydrogen-bond acceptors (Lipinski definition) is 5. The number of nitrogens with two attached hydrogens (primary N) is 1. The third-order valence-corrected chi connectivity index (χ3v) is 4.17. The van der Waals surface area contributed by atoms with Crippen LogP contribution >= 0.6 is 0 Å². The molecule has 0 aromatic heterocycles. The SMILES string of the molecule is CCOC(=O)CCCNC(=O)C(O)[C@H](N)CC1CCCCC1. The van der Waals surface area contributed by atoms with E-state index in [0.717, 1.165) is 12.8 Å². The Morgan fingerprint density at radius 2 is 2.00 bits per heavy atom. The lowest BCUT2D eigenvalue weighted by Gasteiger charge is -2.26. The molecule has 0 radical (unpaired) electrons. The van der Waals surface area contributed by atoms with Gasteiger partial charge >= 0.3 is 5.97 Å². The highest BCUT2D eigenvalue weighted by Gasteiger charge is 2.26. The van der Waals surface area contributed by atoms with Crippen molar-refractivity contribution in [1.29, 1.82) is 0 Å². The number of carbonyl (C=O) groups excluding carboxylic acids is 2. The van der Waals surface area contributed by atoms with E-state index in [-0.39, 0.29) is 12.4 Å². The highest BCUT2D eigenvalue weighted by molar-refractivity contribution is 5.81. The van der Waals surface area contributed by atoms with E-state index in [4.69, 9.17) is 10.5 Å². The van der Waals surface area contributed by atoms with Gasteiger partial charge in [0.2, 0.25) is 5.91 Å². The van der Waals surface area contributed by atoms with Crippen LogP contribution < -0.4 is 11.1 Å². The molecule has 1 unspecified atom stereocenters. The summed E-state index contributed by atoms with van der Waals surface area (Å²) in [5.74, 6) is -0.200. The molecule has 0 aromatic carbocycles. The lowest BCUT2D eigenvalue weighted by molar-refractivity contribution is -0.143. The molecule has 0 aliphatic heterocycles. The van der Waals surface area contributed by atoms with Crippen molar-refractivity contribution >= 4 is 11.9 Å². The lowest BCUT2D eigenvalue weighted by Crippen LogP contribution is -2.47. The number of carbonyl (C=O) groups is 2. The molecule has 4 N–H and O–H groups in total. The van der Waals surface area contributed by atoms with Gasteiger partial charge in [0.25, 0.3) is 0 Å². The van der Waals surface area contributed by atoms with Crippen LogP contribution in [0, 0.1) is 5.92 Å². The predicted octanol–water partition coefficient (Wildman–Crippen LogP) is 1.10. The van der Waals surface area contributed by atoms with Crippen molar-refractivity contribution in [3.8, 4) is 0 Å². The molecular weight excluding hydrogens is 284 g/mol. The van der Waals surface area contributed by atoms with Crippen LogP contribution in [0.4, 0.5) is 0 Å². The molecule has 128 valence electrons. The van der Waals surface area contributed by atoms with Crippen LogP contribution in [0.15, 0.2) is 0 Å². The molecule has 6 nitrogen and oxygen atoms in total. The van der Waals surface area contributed by atoms with Gasteiger partial charge in [-0.2, -0.15) is 0 Å². The standard InChI is InChI=1S/C16H30N2O4/c1-2-22-14(19)9-6-10-18-16(21)15(20)13(17)11-12-7-4-3-5-8-12/h12-13,15,20H,2-11,17H2,1H3,(H,18,21)/t13-,15?/m1/s1. The number of aliphatic hydroxyl groups is 1. The van der Waals surface area contributed by atoms with Crippen molar-refractivity contribution in [3.63, 3.8) is 0 Å². The van der Waals surface area contributed by atoms with E-state index in [9.17, 15) is 14.7 Å². The zero-order chi connectivity index (χ0) is 16.4. The number of hydrogen-bond donors (Lipinski definition) is 3. The van der Waals surface area contributed by atoms with Crippen LogP contribution in [-0.2, 0) is 14.3 Å². The molecule has 1 aliphatic carbocycles. The van der Waals surface area contributed by atoms with Gasteiger partial charge in [-0.3, -0.25) is 9.59 Å². The first-order valence-electron chi connectivity index (χ1n) is 8.41. The maximum Gasteiger partial charge on any atom is 0.305 e. The number of nitrogens with one attached hydrogen (secondary N) is 1. The molecule has 1 rings (SSSR count). The van der Waals surface area contributed by atoms with E-state index < -0.39 is 18.1 Å². The summed E-state index contributed by atoms with van der Waals surface area (Å²) >= 11 is 0. The molecule has 0 heterocycles. The molecule has 1 aliphatic rings. The maximum absolute atomic E-state index is 11.8. The van der Waals surface area contributed by atoms with Crippen molar-refractivity contribution in [3.05, 3.63) is 0 Å². The van der Waals surface area contributed by atoms with Gasteiger partial charge in [-0.05, 0) is 25.7 Å². The molecule has 1 fully saturated rings. The Bertz CT molecular complexity index is 343. The average Bonchev–Trinajstić information content (AvgIpc) is 2.51. The van der Waals surface area contributed by atoms with Gasteiger partial charge in [0.1, 0.15) is 6.10 Å². The van der Waals surface area contributed by atoms with Crippen LogP contribution in [0.1, 0.15) is 58.3 Å². The Balaban J connectivity index is 2.18. The second-order valence-electron chi connectivity index (χ2n) is 6.05. The van der Waals surface area contributed by atoms with Crippen molar-refractivity contribution in [1.82, 2.24) is 5.32 Å². The summed E-state index contributed by atoms with van der Waals surface area (Å²) < 4.78 is 4.80. The van der Waals surface area contributed by atoms with Crippen LogP contribution in [-0.4, -0.2) is 42.3 Å². The van der Waals surface area contributed by atoms with E-state index in [2.05, 4.69) is 5.32 Å². The van der Waals surface area contributed by atoms with Crippen molar-refractivity contribution in [2.45, 2.75) is 70.4 Å². The van der Waals surface area contributed by atoms with Crippen LogP contribution in [0.2, 0.25) is 0 Å². The van der Waals surface area contributed by atoms with Gasteiger partial charge < -0.3 is 20.9 Å². The Morgan fingerprint density at radius 1 is 1.32 bits per heavy atom. The first-order valence-corrected chi connectivity index (χ1v) is 8.41. The first-order chi connectivity index (χ1) is 10.5. The molecule has 2 atom stereocenters. The quantitative estimate of drug-likeness (QED) is 0.437. The predicted molar refractivity (Wildman–Crippen MR) is 84.1 cm³/mol. The molecule has 0 spiro atoms. The van der Waals surface area contributed by atoms with Crippen molar-refractivity contribution < 1.29 is 19.4 Å². The topological polar surface area (TPSA) is 102 Å². The van der Waals surface area contributed by atoms with Gasteiger partial charge in [-0.25, -0.2) is 0 Å². The number of rotatable bonds is 9. The molecule has 1 amide bonds. The molecular formula is C16H30N2O4. The summed E-state index contributed by atoms with van der Waals surface area (Å²) in [6.07, 6.45) is 6.26. The fraction of sp³-hybridized carbons (Fsp3) is 0.875. The molecule has 0 aromatic rings. The largest absolute Gasteiger partial charge is 0.466 e. The first kappa shape index (κ1) is 18.9. The number of aliphatic hydroxyl groups excluding tert-OH is 1. The fourth-order valence-electron chi connectivity index (χ4n) is 2.91. The number of esters is 1. The highest BCUT2D eigenvalue weighted by atomic mass is 16.5. The van der Waals surface area contributed by atoms with Crippen molar-refractivity contribution in [2.24, 2.45) is 11.7 Å². The molecule has 1 saturated carbocycles. The van der Waals surface area contributed by atoms with Crippen LogP contribution in [0.3, 0.4) is 0 Å². The summed E-state index contributed by atoms with van der Waals surface area (Å²) in [4.78, 5) is 23.0. The summed E-state index contributed by atoms with van der Waals surface area (Å²) in [5.41, 5.74) is 5.96. The van der Waals surface area contributed by atoms with E-state index in [0.29, 0.717) is 31.9 Å². The zero-order valence-electron chi connectivity index (χ0n) is 13.6. The Hall–Kier alpha value is -1.14.